The number of hydrogen-bond acceptors (Lipinski definition) is 4. The molecule has 0 saturated heterocycles. The maximum atomic E-state index is 14.3. The summed E-state index contributed by atoms with van der Waals surface area (Å²) in [5, 5.41) is 10.7. The van der Waals surface area contributed by atoms with Crippen molar-refractivity contribution in [2.24, 2.45) is 0 Å². The normalized spacial score (nSPS) is 15.0. The van der Waals surface area contributed by atoms with Crippen molar-refractivity contribution in [3.63, 3.8) is 0 Å². The van der Waals surface area contributed by atoms with Gasteiger partial charge in [-0.15, -0.1) is 0 Å². The summed E-state index contributed by atoms with van der Waals surface area (Å²) in [5.74, 6) is 1.22. The third-order valence-electron chi connectivity index (χ3n) is 5.45. The van der Waals surface area contributed by atoms with Gasteiger partial charge in [0.2, 0.25) is 0 Å². The number of aliphatic hydroxyl groups excluding tert-OH is 1. The molecule has 3 aromatic rings. The Labute approximate surface area is 176 Å². The van der Waals surface area contributed by atoms with Gasteiger partial charge in [-0.1, -0.05) is 36.4 Å². The Kier molecular flexibility index (Phi) is 6.31. The lowest BCUT2D eigenvalue weighted by Gasteiger charge is -2.20. The molecule has 0 aromatic heterocycles. The first kappa shape index (κ1) is 20.4. The fourth-order valence-corrected chi connectivity index (χ4v) is 3.81. The second kappa shape index (κ2) is 9.28. The Hall–Kier alpha value is -2.89. The van der Waals surface area contributed by atoms with Crippen molar-refractivity contribution < 1.29 is 19.0 Å². The van der Waals surface area contributed by atoms with Crippen LogP contribution in [-0.2, 0) is 19.5 Å². The van der Waals surface area contributed by atoms with Gasteiger partial charge < -0.3 is 14.6 Å². The Morgan fingerprint density at radius 1 is 1.10 bits per heavy atom. The van der Waals surface area contributed by atoms with Gasteiger partial charge in [-0.05, 0) is 41.5 Å². The molecule has 0 amide bonds. The van der Waals surface area contributed by atoms with Crippen molar-refractivity contribution in [3.8, 4) is 11.5 Å². The highest BCUT2D eigenvalue weighted by Crippen LogP contribution is 2.29. The summed E-state index contributed by atoms with van der Waals surface area (Å²) in [7, 11) is 1.58. The largest absolute Gasteiger partial charge is 0.497 e. The molecule has 0 aliphatic carbocycles. The van der Waals surface area contributed by atoms with E-state index in [1.54, 1.807) is 19.2 Å². The van der Waals surface area contributed by atoms with Gasteiger partial charge in [-0.2, -0.15) is 0 Å². The molecule has 0 saturated carbocycles. The molecule has 1 atom stereocenters. The van der Waals surface area contributed by atoms with Crippen molar-refractivity contribution in [1.82, 2.24) is 4.90 Å². The van der Waals surface area contributed by atoms with Gasteiger partial charge in [0.1, 0.15) is 23.9 Å². The van der Waals surface area contributed by atoms with E-state index in [-0.39, 0.29) is 5.82 Å². The lowest BCUT2D eigenvalue weighted by Crippen LogP contribution is -2.25. The van der Waals surface area contributed by atoms with E-state index in [0.29, 0.717) is 44.0 Å². The smallest absolute Gasteiger partial charge is 0.127 e. The monoisotopic (exact) mass is 407 g/mol. The van der Waals surface area contributed by atoms with Gasteiger partial charge in [0.25, 0.3) is 0 Å². The first-order valence-electron chi connectivity index (χ1n) is 10.1. The van der Waals surface area contributed by atoms with Crippen LogP contribution >= 0.6 is 0 Å². The SMILES string of the molecule is COc1ccc(F)c(CN2CCOc3ccc([C@H](O)Cc4ccccc4)cc3C2)c1. The molecule has 3 aromatic carbocycles. The predicted molar refractivity (Wildman–Crippen MR) is 114 cm³/mol. The number of fused-ring (bicyclic) bond motifs is 1. The number of halogens is 1. The molecule has 0 bridgehead atoms. The van der Waals surface area contributed by atoms with Crippen molar-refractivity contribution in [3.05, 3.63) is 94.8 Å². The van der Waals surface area contributed by atoms with Crippen LogP contribution in [0, 0.1) is 5.82 Å². The average Bonchev–Trinajstić information content (AvgIpc) is 2.97. The maximum Gasteiger partial charge on any atom is 0.127 e. The van der Waals surface area contributed by atoms with Gasteiger partial charge in [0.15, 0.2) is 0 Å². The molecular weight excluding hydrogens is 381 g/mol. The lowest BCUT2D eigenvalue weighted by molar-refractivity contribution is 0.178. The highest BCUT2D eigenvalue weighted by atomic mass is 19.1. The molecular formula is C25H26FNO3. The zero-order valence-corrected chi connectivity index (χ0v) is 17.1. The first-order valence-corrected chi connectivity index (χ1v) is 10.1. The van der Waals surface area contributed by atoms with E-state index in [1.165, 1.54) is 6.07 Å². The minimum Gasteiger partial charge on any atom is -0.497 e. The van der Waals surface area contributed by atoms with Crippen molar-refractivity contribution in [1.29, 1.82) is 0 Å². The van der Waals surface area contributed by atoms with Gasteiger partial charge >= 0.3 is 0 Å². The third kappa shape index (κ3) is 4.81. The summed E-state index contributed by atoms with van der Waals surface area (Å²) in [5.41, 5.74) is 3.54. The molecule has 0 radical (unpaired) electrons. The third-order valence-corrected chi connectivity index (χ3v) is 5.45. The lowest BCUT2D eigenvalue weighted by atomic mass is 9.99. The molecule has 4 nitrogen and oxygen atoms in total. The van der Waals surface area contributed by atoms with Crippen molar-refractivity contribution >= 4 is 0 Å². The first-order chi connectivity index (χ1) is 14.6. The summed E-state index contributed by atoms with van der Waals surface area (Å²) in [4.78, 5) is 2.15. The number of hydrogen-bond donors (Lipinski definition) is 1. The molecule has 1 heterocycles. The number of methoxy groups -OCH3 is 1. The number of aliphatic hydroxyl groups is 1. The molecule has 5 heteroatoms. The van der Waals surface area contributed by atoms with Crippen LogP contribution in [0.3, 0.4) is 0 Å². The number of rotatable bonds is 6. The van der Waals surface area contributed by atoms with E-state index in [1.807, 2.05) is 48.5 Å². The molecule has 1 N–H and O–H groups in total. The average molecular weight is 407 g/mol. The molecule has 4 rings (SSSR count). The molecule has 156 valence electrons. The molecule has 1 aliphatic heterocycles. The molecule has 0 fully saturated rings. The van der Waals surface area contributed by atoms with Crippen LogP contribution in [0.4, 0.5) is 4.39 Å². The summed E-state index contributed by atoms with van der Waals surface area (Å²) in [6.07, 6.45) is -0.0376. The summed E-state index contributed by atoms with van der Waals surface area (Å²) in [6.45, 7) is 2.30. The van der Waals surface area contributed by atoms with Crippen molar-refractivity contribution in [2.45, 2.75) is 25.6 Å². The minimum atomic E-state index is -0.592. The van der Waals surface area contributed by atoms with Gasteiger partial charge in [0.05, 0.1) is 13.2 Å². The Balaban J connectivity index is 1.51. The number of benzene rings is 3. The van der Waals surface area contributed by atoms with Gasteiger partial charge in [-0.25, -0.2) is 4.39 Å². The van der Waals surface area contributed by atoms with Crippen LogP contribution in [0.25, 0.3) is 0 Å². The van der Waals surface area contributed by atoms with Crippen LogP contribution in [0.15, 0.2) is 66.7 Å². The molecule has 0 spiro atoms. The fraction of sp³-hybridized carbons (Fsp3) is 0.280. The van der Waals surface area contributed by atoms with Crippen LogP contribution in [0.2, 0.25) is 0 Å². The van der Waals surface area contributed by atoms with Crippen LogP contribution in [-0.4, -0.2) is 30.3 Å². The highest BCUT2D eigenvalue weighted by molar-refractivity contribution is 5.39. The highest BCUT2D eigenvalue weighted by Gasteiger charge is 2.19. The second-order valence-electron chi connectivity index (χ2n) is 7.59. The second-order valence-corrected chi connectivity index (χ2v) is 7.59. The standard InChI is InChI=1S/C25H26FNO3/c1-29-22-8-9-23(26)20(15-22)16-27-11-12-30-25-10-7-19(14-21(25)17-27)24(28)13-18-5-3-2-4-6-18/h2-10,14-15,24,28H,11-13,16-17H2,1H3/t24-/m1/s1. The number of nitrogens with zero attached hydrogens (tertiary/aromatic N) is 1. The van der Waals surface area contributed by atoms with Crippen LogP contribution < -0.4 is 9.47 Å². The summed E-state index contributed by atoms with van der Waals surface area (Å²) in [6, 6.07) is 20.6. The fourth-order valence-electron chi connectivity index (χ4n) is 3.81. The topological polar surface area (TPSA) is 41.9 Å². The van der Waals surface area contributed by atoms with E-state index in [2.05, 4.69) is 4.90 Å². The number of ether oxygens (including phenoxy) is 2. The van der Waals surface area contributed by atoms with E-state index >= 15 is 0 Å². The molecule has 1 aliphatic rings. The van der Waals surface area contributed by atoms with Crippen molar-refractivity contribution in [2.75, 3.05) is 20.3 Å². The van der Waals surface area contributed by atoms with E-state index in [9.17, 15) is 9.50 Å². The zero-order chi connectivity index (χ0) is 20.9. The van der Waals surface area contributed by atoms with E-state index in [4.69, 9.17) is 9.47 Å². The zero-order valence-electron chi connectivity index (χ0n) is 17.1. The molecule has 0 unspecified atom stereocenters. The quantitative estimate of drug-likeness (QED) is 0.653. The summed E-state index contributed by atoms with van der Waals surface area (Å²) >= 11 is 0. The molecule has 30 heavy (non-hydrogen) atoms. The Bertz CT molecular complexity index is 993. The summed E-state index contributed by atoms with van der Waals surface area (Å²) < 4.78 is 25.4. The van der Waals surface area contributed by atoms with E-state index < -0.39 is 6.10 Å². The van der Waals surface area contributed by atoms with Crippen LogP contribution in [0.1, 0.15) is 28.4 Å². The van der Waals surface area contributed by atoms with Gasteiger partial charge in [-0.3, -0.25) is 4.90 Å². The predicted octanol–water partition coefficient (Wildman–Crippen LogP) is 4.51. The maximum absolute atomic E-state index is 14.3. The van der Waals surface area contributed by atoms with Gasteiger partial charge in [0, 0.05) is 37.2 Å². The van der Waals surface area contributed by atoms with E-state index in [0.717, 1.165) is 22.4 Å². The Morgan fingerprint density at radius 3 is 2.73 bits per heavy atom. The Morgan fingerprint density at radius 2 is 1.93 bits per heavy atom. The van der Waals surface area contributed by atoms with Crippen LogP contribution in [0.5, 0.6) is 11.5 Å². The minimum absolute atomic E-state index is 0.242.